The van der Waals surface area contributed by atoms with Crippen LogP contribution in [0.3, 0.4) is 0 Å². The molecule has 6 heteroatoms. The predicted molar refractivity (Wildman–Crippen MR) is 60.7 cm³/mol. The van der Waals surface area contributed by atoms with Crippen molar-refractivity contribution in [1.82, 2.24) is 5.32 Å². The number of ether oxygens (including phenoxy) is 2. The summed E-state index contributed by atoms with van der Waals surface area (Å²) in [7, 11) is 0. The average Bonchev–Trinajstić information content (AvgIpc) is 2.07. The van der Waals surface area contributed by atoms with Crippen molar-refractivity contribution in [2.75, 3.05) is 13.2 Å². The van der Waals surface area contributed by atoms with E-state index >= 15 is 0 Å². The largest absolute Gasteiger partial charge is 0.454 e. The molecule has 0 fully saturated rings. The molecule has 5 nitrogen and oxygen atoms in total. The third-order valence-corrected chi connectivity index (χ3v) is 1.56. The van der Waals surface area contributed by atoms with Gasteiger partial charge in [-0.1, -0.05) is 0 Å². The first-order chi connectivity index (χ1) is 7.31. The van der Waals surface area contributed by atoms with Crippen LogP contribution in [0, 0.1) is 0 Å². The quantitative estimate of drug-likeness (QED) is 0.603. The van der Waals surface area contributed by atoms with Crippen molar-refractivity contribution in [3.8, 4) is 0 Å². The number of alkyl carbamates (subject to hydrolysis) is 1. The van der Waals surface area contributed by atoms with Gasteiger partial charge in [-0.15, -0.1) is 0 Å². The van der Waals surface area contributed by atoms with Crippen LogP contribution in [0.15, 0.2) is 0 Å². The normalized spacial score (nSPS) is 10.8. The Morgan fingerprint density at radius 1 is 1.25 bits per heavy atom. The van der Waals surface area contributed by atoms with Crippen LogP contribution in [0.25, 0.3) is 0 Å². The summed E-state index contributed by atoms with van der Waals surface area (Å²) in [6.07, 6.45) is 0.902. The second-order valence-corrected chi connectivity index (χ2v) is 4.53. The molecule has 0 saturated carbocycles. The van der Waals surface area contributed by atoms with Crippen LogP contribution < -0.4 is 5.32 Å². The molecule has 0 aliphatic heterocycles. The molecule has 0 aromatic carbocycles. The zero-order valence-electron chi connectivity index (χ0n) is 9.84. The molecule has 0 radical (unpaired) electrons. The number of hydrogen-bond donors (Lipinski definition) is 1. The molecule has 0 heterocycles. The van der Waals surface area contributed by atoms with Gasteiger partial charge in [-0.2, -0.15) is 0 Å². The van der Waals surface area contributed by atoms with Crippen LogP contribution in [0.5, 0.6) is 0 Å². The Bertz CT molecular complexity index is 237. The summed E-state index contributed by atoms with van der Waals surface area (Å²) in [5.74, 6) is 0. The molecular weight excluding hydrogens is 234 g/mol. The maximum atomic E-state index is 11.2. The fourth-order valence-corrected chi connectivity index (χ4v) is 0.961. The van der Waals surface area contributed by atoms with Gasteiger partial charge >= 0.3 is 11.5 Å². The van der Waals surface area contributed by atoms with Crippen LogP contribution in [0.1, 0.15) is 33.6 Å². The monoisotopic (exact) mass is 251 g/mol. The van der Waals surface area contributed by atoms with E-state index in [-0.39, 0.29) is 6.61 Å². The molecule has 1 N–H and O–H groups in total. The standard InChI is InChI=1S/C10H18ClNO4/c1-10(2,3)16-9(14)12-6-4-5-7-15-8(11)13/h4-7H2,1-3H3,(H,12,14). The summed E-state index contributed by atoms with van der Waals surface area (Å²) in [4.78, 5) is 21.4. The smallest absolute Gasteiger partial charge is 0.407 e. The first kappa shape index (κ1) is 15.0. The Morgan fingerprint density at radius 2 is 1.88 bits per heavy atom. The van der Waals surface area contributed by atoms with Gasteiger partial charge in [0.05, 0.1) is 6.61 Å². The van der Waals surface area contributed by atoms with Crippen molar-refractivity contribution in [2.24, 2.45) is 0 Å². The summed E-state index contributed by atoms with van der Waals surface area (Å²) >= 11 is 4.96. The fourth-order valence-electron chi connectivity index (χ4n) is 0.884. The summed E-state index contributed by atoms with van der Waals surface area (Å²) in [6, 6.07) is 0. The molecule has 0 aliphatic rings. The highest BCUT2D eigenvalue weighted by Crippen LogP contribution is 2.06. The van der Waals surface area contributed by atoms with E-state index in [1.807, 2.05) is 0 Å². The number of hydrogen-bond acceptors (Lipinski definition) is 4. The number of carbonyl (C=O) groups excluding carboxylic acids is 2. The lowest BCUT2D eigenvalue weighted by Gasteiger charge is -2.19. The van der Waals surface area contributed by atoms with E-state index in [1.165, 1.54) is 0 Å². The van der Waals surface area contributed by atoms with E-state index in [0.717, 1.165) is 0 Å². The number of amides is 1. The van der Waals surface area contributed by atoms with Crippen molar-refractivity contribution in [3.05, 3.63) is 0 Å². The lowest BCUT2D eigenvalue weighted by molar-refractivity contribution is 0.0525. The molecule has 94 valence electrons. The van der Waals surface area contributed by atoms with Crippen LogP contribution in [-0.4, -0.2) is 30.3 Å². The lowest BCUT2D eigenvalue weighted by Crippen LogP contribution is -2.33. The van der Waals surface area contributed by atoms with Gasteiger partial charge in [0, 0.05) is 18.1 Å². The van der Waals surface area contributed by atoms with Crippen molar-refractivity contribution < 1.29 is 19.1 Å². The predicted octanol–water partition coefficient (Wildman–Crippen LogP) is 2.67. The maximum Gasteiger partial charge on any atom is 0.407 e. The molecule has 16 heavy (non-hydrogen) atoms. The van der Waals surface area contributed by atoms with Gasteiger partial charge in [0.2, 0.25) is 0 Å². The Labute approximate surface area is 100 Å². The third-order valence-electron chi connectivity index (χ3n) is 1.45. The Balaban J connectivity index is 3.38. The van der Waals surface area contributed by atoms with Crippen LogP contribution >= 0.6 is 11.6 Å². The van der Waals surface area contributed by atoms with E-state index in [1.54, 1.807) is 20.8 Å². The number of carbonyl (C=O) groups is 2. The van der Waals surface area contributed by atoms with Crippen molar-refractivity contribution in [3.63, 3.8) is 0 Å². The van der Waals surface area contributed by atoms with E-state index < -0.39 is 17.1 Å². The lowest BCUT2D eigenvalue weighted by atomic mass is 10.2. The highest BCUT2D eigenvalue weighted by Gasteiger charge is 2.15. The van der Waals surface area contributed by atoms with Gasteiger partial charge in [-0.05, 0) is 33.6 Å². The topological polar surface area (TPSA) is 64.6 Å². The highest BCUT2D eigenvalue weighted by molar-refractivity contribution is 6.61. The summed E-state index contributed by atoms with van der Waals surface area (Å²) in [5.41, 5.74) is -1.29. The number of rotatable bonds is 5. The third kappa shape index (κ3) is 11.1. The second kappa shape index (κ2) is 7.33. The minimum atomic E-state index is -0.805. The first-order valence-electron chi connectivity index (χ1n) is 5.10. The average molecular weight is 252 g/mol. The summed E-state index contributed by atoms with van der Waals surface area (Å²) in [6.45, 7) is 6.14. The number of nitrogens with one attached hydrogen (secondary N) is 1. The van der Waals surface area contributed by atoms with E-state index in [4.69, 9.17) is 16.3 Å². The summed E-state index contributed by atoms with van der Waals surface area (Å²) < 4.78 is 9.54. The molecular formula is C10H18ClNO4. The van der Waals surface area contributed by atoms with Crippen LogP contribution in [-0.2, 0) is 9.47 Å². The zero-order valence-corrected chi connectivity index (χ0v) is 10.6. The molecule has 0 aliphatic carbocycles. The van der Waals surface area contributed by atoms with Crippen LogP contribution in [0.2, 0.25) is 0 Å². The van der Waals surface area contributed by atoms with E-state index in [9.17, 15) is 9.59 Å². The number of halogens is 1. The van der Waals surface area contributed by atoms with Gasteiger partial charge < -0.3 is 14.8 Å². The van der Waals surface area contributed by atoms with Gasteiger partial charge in [-0.3, -0.25) is 0 Å². The van der Waals surface area contributed by atoms with Crippen molar-refractivity contribution in [2.45, 2.75) is 39.2 Å². The van der Waals surface area contributed by atoms with Gasteiger partial charge in [0.15, 0.2) is 0 Å². The first-order valence-corrected chi connectivity index (χ1v) is 5.48. The molecule has 1 amide bonds. The van der Waals surface area contributed by atoms with Gasteiger partial charge in [0.1, 0.15) is 5.60 Å². The molecule has 0 rings (SSSR count). The Hall–Kier alpha value is -0.970. The minimum Gasteiger partial charge on any atom is -0.454 e. The van der Waals surface area contributed by atoms with Gasteiger partial charge in [-0.25, -0.2) is 9.59 Å². The minimum absolute atomic E-state index is 0.262. The van der Waals surface area contributed by atoms with Crippen LogP contribution in [0.4, 0.5) is 9.59 Å². The SMILES string of the molecule is CC(C)(C)OC(=O)NCCCCOC(=O)Cl. The van der Waals surface area contributed by atoms with E-state index in [2.05, 4.69) is 10.1 Å². The van der Waals surface area contributed by atoms with Gasteiger partial charge in [0.25, 0.3) is 0 Å². The molecule has 0 saturated heterocycles. The maximum absolute atomic E-state index is 11.2. The Kier molecular flexibility index (Phi) is 6.88. The number of unbranched alkanes of at least 4 members (excludes halogenated alkanes) is 1. The van der Waals surface area contributed by atoms with Crippen molar-refractivity contribution in [1.29, 1.82) is 0 Å². The summed E-state index contributed by atoms with van der Waals surface area (Å²) in [5, 5.41) is 2.59. The molecule has 0 spiro atoms. The second-order valence-electron chi connectivity index (χ2n) is 4.22. The molecule has 0 aromatic rings. The zero-order chi connectivity index (χ0) is 12.6. The molecule has 0 atom stereocenters. The highest BCUT2D eigenvalue weighted by atomic mass is 35.5. The van der Waals surface area contributed by atoms with E-state index in [0.29, 0.717) is 19.4 Å². The van der Waals surface area contributed by atoms with Crippen molar-refractivity contribution >= 4 is 23.1 Å². The fraction of sp³-hybridized carbons (Fsp3) is 0.800. The molecule has 0 aromatic heterocycles. The Morgan fingerprint density at radius 3 is 2.38 bits per heavy atom. The molecule has 0 bridgehead atoms. The molecule has 0 unspecified atom stereocenters.